The molecule has 0 aliphatic carbocycles. The van der Waals surface area contributed by atoms with E-state index in [1.807, 2.05) is 18.2 Å². The first kappa shape index (κ1) is 25.6. The Bertz CT molecular complexity index is 969. The molecule has 1 aliphatic heterocycles. The van der Waals surface area contributed by atoms with E-state index in [1.165, 1.54) is 0 Å². The molecular weight excluding hydrogens is 432 g/mol. The maximum atomic E-state index is 13.3. The Labute approximate surface area is 202 Å². The third-order valence-electron chi connectivity index (χ3n) is 6.27. The van der Waals surface area contributed by atoms with Crippen LogP contribution in [0.3, 0.4) is 0 Å². The van der Waals surface area contributed by atoms with E-state index in [2.05, 4.69) is 29.0 Å². The van der Waals surface area contributed by atoms with Gasteiger partial charge in [0.2, 0.25) is 5.91 Å². The standard InChI is InChI=1S/C26H36N4O4/c1-6-25(31)28-20-10-11-22-23(13-20)34-17-19(3)30(15-21-9-7-8-12-27-21)14-18(2)24(33-5)16-29(4)26(22)32/h7-13,18-19,24H,6,14-17H2,1-5H3,(H,28,31)/t18-,19+,24+/m1/s1. The van der Waals surface area contributed by atoms with Gasteiger partial charge in [-0.15, -0.1) is 0 Å². The normalized spacial score (nSPS) is 22.2. The van der Waals surface area contributed by atoms with Crippen molar-refractivity contribution >= 4 is 17.5 Å². The summed E-state index contributed by atoms with van der Waals surface area (Å²) in [6.07, 6.45) is 2.05. The fraction of sp³-hybridized carbons (Fsp3) is 0.500. The fourth-order valence-corrected chi connectivity index (χ4v) is 4.09. The average Bonchev–Trinajstić information content (AvgIpc) is 2.84. The quantitative estimate of drug-likeness (QED) is 0.724. The number of fused-ring (bicyclic) bond motifs is 1. The maximum Gasteiger partial charge on any atom is 0.257 e. The lowest BCUT2D eigenvalue weighted by Crippen LogP contribution is -2.46. The van der Waals surface area contributed by atoms with Crippen LogP contribution < -0.4 is 10.1 Å². The molecule has 0 unspecified atom stereocenters. The molecule has 3 atom stereocenters. The summed E-state index contributed by atoms with van der Waals surface area (Å²) in [7, 11) is 3.47. The summed E-state index contributed by atoms with van der Waals surface area (Å²) in [5.41, 5.74) is 2.05. The SMILES string of the molecule is CCC(=O)Nc1ccc2c(c1)OC[C@H](C)N(Cc1ccccn1)C[C@@H](C)[C@@H](OC)CN(C)C2=O. The van der Waals surface area contributed by atoms with Gasteiger partial charge >= 0.3 is 0 Å². The molecule has 0 fully saturated rings. The number of nitrogens with zero attached hydrogens (tertiary/aromatic N) is 3. The number of carbonyl (C=O) groups excluding carboxylic acids is 2. The van der Waals surface area contributed by atoms with Gasteiger partial charge in [-0.3, -0.25) is 19.5 Å². The van der Waals surface area contributed by atoms with Gasteiger partial charge in [0, 0.05) is 64.2 Å². The monoisotopic (exact) mass is 468 g/mol. The van der Waals surface area contributed by atoms with Crippen molar-refractivity contribution in [2.24, 2.45) is 5.92 Å². The van der Waals surface area contributed by atoms with Crippen LogP contribution in [0.4, 0.5) is 5.69 Å². The third kappa shape index (κ3) is 6.55. The van der Waals surface area contributed by atoms with E-state index in [9.17, 15) is 9.59 Å². The Hall–Kier alpha value is -2.97. The van der Waals surface area contributed by atoms with Crippen molar-refractivity contribution in [1.82, 2.24) is 14.8 Å². The predicted octanol–water partition coefficient (Wildman–Crippen LogP) is 3.44. The van der Waals surface area contributed by atoms with E-state index in [1.54, 1.807) is 50.4 Å². The van der Waals surface area contributed by atoms with Crippen LogP contribution in [0.1, 0.15) is 43.2 Å². The van der Waals surface area contributed by atoms with E-state index in [0.717, 1.165) is 12.2 Å². The van der Waals surface area contributed by atoms with Crippen molar-refractivity contribution in [3.05, 3.63) is 53.9 Å². The highest BCUT2D eigenvalue weighted by Gasteiger charge is 2.28. The molecule has 2 heterocycles. The van der Waals surface area contributed by atoms with Crippen molar-refractivity contribution in [3.8, 4) is 5.75 Å². The van der Waals surface area contributed by atoms with E-state index in [-0.39, 0.29) is 29.9 Å². The molecule has 2 aromatic rings. The van der Waals surface area contributed by atoms with Crippen LogP contribution in [0.2, 0.25) is 0 Å². The van der Waals surface area contributed by atoms with Gasteiger partial charge in [-0.1, -0.05) is 19.9 Å². The van der Waals surface area contributed by atoms with Crippen LogP contribution in [-0.2, 0) is 16.1 Å². The number of pyridine rings is 1. The van der Waals surface area contributed by atoms with Crippen LogP contribution in [0.25, 0.3) is 0 Å². The lowest BCUT2D eigenvalue weighted by Gasteiger charge is -2.35. The summed E-state index contributed by atoms with van der Waals surface area (Å²) in [6.45, 7) is 8.33. The highest BCUT2D eigenvalue weighted by molar-refractivity contribution is 5.98. The molecule has 1 aliphatic rings. The number of carbonyl (C=O) groups is 2. The van der Waals surface area contributed by atoms with E-state index in [4.69, 9.17) is 9.47 Å². The van der Waals surface area contributed by atoms with Crippen molar-refractivity contribution in [2.75, 3.05) is 39.2 Å². The summed E-state index contributed by atoms with van der Waals surface area (Å²) < 4.78 is 12.0. The van der Waals surface area contributed by atoms with Gasteiger partial charge in [0.15, 0.2) is 0 Å². The molecule has 0 saturated carbocycles. The van der Waals surface area contributed by atoms with Crippen LogP contribution in [0, 0.1) is 5.92 Å². The molecule has 8 nitrogen and oxygen atoms in total. The summed E-state index contributed by atoms with van der Waals surface area (Å²) in [5.74, 6) is 0.398. The number of benzene rings is 1. The Kier molecular flexibility index (Phi) is 9.01. The number of aromatic nitrogens is 1. The van der Waals surface area contributed by atoms with Crippen LogP contribution in [0.5, 0.6) is 5.75 Å². The number of hydrogen-bond donors (Lipinski definition) is 1. The molecule has 34 heavy (non-hydrogen) atoms. The first-order valence-corrected chi connectivity index (χ1v) is 11.8. The molecule has 3 rings (SSSR count). The number of likely N-dealkylation sites (N-methyl/N-ethyl adjacent to an activating group) is 1. The number of methoxy groups -OCH3 is 1. The number of nitrogens with one attached hydrogen (secondary N) is 1. The Morgan fingerprint density at radius 2 is 2.03 bits per heavy atom. The molecule has 0 saturated heterocycles. The summed E-state index contributed by atoms with van der Waals surface area (Å²) >= 11 is 0. The predicted molar refractivity (Wildman–Crippen MR) is 132 cm³/mol. The molecule has 1 aromatic carbocycles. The molecule has 0 spiro atoms. The second-order valence-electron chi connectivity index (χ2n) is 8.96. The minimum atomic E-state index is -0.142. The van der Waals surface area contributed by atoms with Gasteiger partial charge in [0.05, 0.1) is 17.4 Å². The van der Waals surface area contributed by atoms with Gasteiger partial charge in [-0.25, -0.2) is 0 Å². The van der Waals surface area contributed by atoms with Crippen molar-refractivity contribution in [3.63, 3.8) is 0 Å². The van der Waals surface area contributed by atoms with Gasteiger partial charge in [0.25, 0.3) is 5.91 Å². The average molecular weight is 469 g/mol. The Morgan fingerprint density at radius 3 is 2.71 bits per heavy atom. The van der Waals surface area contributed by atoms with Gasteiger partial charge < -0.3 is 19.7 Å². The number of ether oxygens (including phenoxy) is 2. The van der Waals surface area contributed by atoms with Gasteiger partial charge in [0.1, 0.15) is 12.4 Å². The van der Waals surface area contributed by atoms with E-state index >= 15 is 0 Å². The largest absolute Gasteiger partial charge is 0.491 e. The van der Waals surface area contributed by atoms with Crippen LogP contribution in [-0.4, -0.2) is 72.6 Å². The Morgan fingerprint density at radius 1 is 1.24 bits per heavy atom. The summed E-state index contributed by atoms with van der Waals surface area (Å²) in [5, 5.41) is 2.85. The molecule has 0 radical (unpaired) electrons. The Balaban J connectivity index is 1.94. The first-order valence-electron chi connectivity index (χ1n) is 11.8. The summed E-state index contributed by atoms with van der Waals surface area (Å²) in [4.78, 5) is 33.7. The van der Waals surface area contributed by atoms with Crippen LogP contribution in [0.15, 0.2) is 42.6 Å². The van der Waals surface area contributed by atoms with Crippen molar-refractivity contribution in [2.45, 2.75) is 45.9 Å². The lowest BCUT2D eigenvalue weighted by atomic mass is 10.0. The molecule has 184 valence electrons. The molecule has 0 bridgehead atoms. The molecule has 2 amide bonds. The molecule has 1 aromatic heterocycles. The van der Waals surface area contributed by atoms with E-state index in [0.29, 0.717) is 43.1 Å². The highest BCUT2D eigenvalue weighted by atomic mass is 16.5. The zero-order chi connectivity index (χ0) is 24.7. The molecule has 1 N–H and O–H groups in total. The highest BCUT2D eigenvalue weighted by Crippen LogP contribution is 2.27. The van der Waals surface area contributed by atoms with Gasteiger partial charge in [-0.2, -0.15) is 0 Å². The van der Waals surface area contributed by atoms with Crippen molar-refractivity contribution in [1.29, 1.82) is 0 Å². The zero-order valence-electron chi connectivity index (χ0n) is 20.8. The number of amides is 2. The van der Waals surface area contributed by atoms with Crippen LogP contribution >= 0.6 is 0 Å². The fourth-order valence-electron chi connectivity index (χ4n) is 4.09. The second-order valence-corrected chi connectivity index (χ2v) is 8.96. The summed E-state index contributed by atoms with van der Waals surface area (Å²) in [6, 6.07) is 11.2. The van der Waals surface area contributed by atoms with E-state index < -0.39 is 0 Å². The smallest absolute Gasteiger partial charge is 0.257 e. The second kappa shape index (κ2) is 11.9. The van der Waals surface area contributed by atoms with Gasteiger partial charge in [-0.05, 0) is 37.1 Å². The molecular formula is C26H36N4O4. The number of anilines is 1. The lowest BCUT2D eigenvalue weighted by molar-refractivity contribution is -0.115. The minimum absolute atomic E-state index is 0.0518. The number of hydrogen-bond acceptors (Lipinski definition) is 6. The molecule has 8 heteroatoms. The maximum absolute atomic E-state index is 13.3. The first-order chi connectivity index (χ1) is 16.3. The topological polar surface area (TPSA) is 84.0 Å². The van der Waals surface area contributed by atoms with Crippen molar-refractivity contribution < 1.29 is 19.1 Å². The third-order valence-corrected chi connectivity index (χ3v) is 6.27. The zero-order valence-corrected chi connectivity index (χ0v) is 20.8. The minimum Gasteiger partial charge on any atom is -0.491 e. The number of rotatable bonds is 5.